The van der Waals surface area contributed by atoms with Crippen molar-refractivity contribution >= 4 is 11.8 Å². The van der Waals surface area contributed by atoms with Gasteiger partial charge in [0.2, 0.25) is 0 Å². The summed E-state index contributed by atoms with van der Waals surface area (Å²) in [7, 11) is 1.09. The Morgan fingerprint density at radius 3 is 2.68 bits per heavy atom. The quantitative estimate of drug-likeness (QED) is 0.539. The smallest absolute Gasteiger partial charge is 0.395 e. The predicted octanol–water partition coefficient (Wildman–Crippen LogP) is 1.73. The molecule has 0 amide bonds. The number of allylic oxidation sites excluding steroid dienone is 2. The molecule has 0 aromatic heterocycles. The molecule has 0 aliphatic heterocycles. The number of alkyl halides is 3. The van der Waals surface area contributed by atoms with Crippen molar-refractivity contribution in [3.8, 4) is 0 Å². The molecule has 0 spiro atoms. The van der Waals surface area contributed by atoms with Crippen molar-refractivity contribution in [1.82, 2.24) is 0 Å². The van der Waals surface area contributed by atoms with Gasteiger partial charge in [-0.05, 0) is 18.3 Å². The lowest BCUT2D eigenvalue weighted by Gasteiger charge is -2.53. The lowest BCUT2D eigenvalue weighted by atomic mass is 9.48. The molecule has 0 aromatic carbocycles. The fourth-order valence-electron chi connectivity index (χ4n) is 5.21. The molecule has 19 heavy (non-hydrogen) atoms. The van der Waals surface area contributed by atoms with Crippen molar-refractivity contribution in [2.75, 3.05) is 7.11 Å². The molecule has 6 heteroatoms. The van der Waals surface area contributed by atoms with Crippen LogP contribution >= 0.6 is 0 Å². The molecule has 4 rings (SSSR count). The first-order valence-electron chi connectivity index (χ1n) is 6.21. The zero-order valence-corrected chi connectivity index (χ0v) is 10.0. The van der Waals surface area contributed by atoms with Crippen LogP contribution in [0.25, 0.3) is 0 Å². The number of fused-ring (bicyclic) bond motifs is 8. The van der Waals surface area contributed by atoms with E-state index in [0.717, 1.165) is 7.11 Å². The lowest BCUT2D eigenvalue weighted by molar-refractivity contribution is -0.279. The summed E-state index contributed by atoms with van der Waals surface area (Å²) in [6, 6.07) is 0. The Morgan fingerprint density at radius 1 is 1.42 bits per heavy atom. The molecule has 102 valence electrons. The summed E-state index contributed by atoms with van der Waals surface area (Å²) in [6.07, 6.45) is -1.36. The number of methoxy groups -OCH3 is 1. The van der Waals surface area contributed by atoms with Crippen LogP contribution in [0.2, 0.25) is 0 Å². The summed E-state index contributed by atoms with van der Waals surface area (Å²) in [5.74, 6) is -3.68. The van der Waals surface area contributed by atoms with E-state index in [0.29, 0.717) is 0 Å². The van der Waals surface area contributed by atoms with Gasteiger partial charge < -0.3 is 4.74 Å². The molecule has 3 fully saturated rings. The summed E-state index contributed by atoms with van der Waals surface area (Å²) in [5.41, 5.74) is -3.70. The molecular formula is C13H11F3O3. The second-order valence-corrected chi connectivity index (χ2v) is 5.96. The van der Waals surface area contributed by atoms with E-state index >= 15 is 0 Å². The number of ketones is 1. The van der Waals surface area contributed by atoms with Gasteiger partial charge in [-0.25, -0.2) is 0 Å². The number of rotatable bonds is 1. The maximum atomic E-state index is 13.4. The minimum Gasteiger partial charge on any atom is -0.469 e. The van der Waals surface area contributed by atoms with Gasteiger partial charge in [0.25, 0.3) is 0 Å². The van der Waals surface area contributed by atoms with Crippen LogP contribution in [0.15, 0.2) is 12.2 Å². The van der Waals surface area contributed by atoms with Gasteiger partial charge in [-0.15, -0.1) is 0 Å². The molecule has 4 aliphatic carbocycles. The summed E-state index contributed by atoms with van der Waals surface area (Å²) in [4.78, 5) is 24.2. The zero-order chi connectivity index (χ0) is 13.8. The Balaban J connectivity index is 1.92. The SMILES string of the molecule is COC(=O)C12C3C=CC(C3=O)C1C1CC12C(F)(F)F. The Labute approximate surface area is 106 Å². The topological polar surface area (TPSA) is 43.4 Å². The van der Waals surface area contributed by atoms with E-state index in [9.17, 15) is 22.8 Å². The van der Waals surface area contributed by atoms with Crippen LogP contribution in [-0.2, 0) is 14.3 Å². The molecule has 3 saturated carbocycles. The fraction of sp³-hybridized carbons (Fsp3) is 0.692. The Kier molecular flexibility index (Phi) is 1.66. The fourth-order valence-corrected chi connectivity index (χ4v) is 5.21. The third kappa shape index (κ3) is 0.807. The highest BCUT2D eigenvalue weighted by atomic mass is 19.4. The van der Waals surface area contributed by atoms with E-state index in [1.165, 1.54) is 6.08 Å². The van der Waals surface area contributed by atoms with Crippen LogP contribution in [-0.4, -0.2) is 25.0 Å². The van der Waals surface area contributed by atoms with Crippen LogP contribution in [0.3, 0.4) is 0 Å². The number of esters is 1. The van der Waals surface area contributed by atoms with Gasteiger partial charge in [0.1, 0.15) is 5.78 Å². The zero-order valence-electron chi connectivity index (χ0n) is 10.0. The first-order valence-corrected chi connectivity index (χ1v) is 6.21. The van der Waals surface area contributed by atoms with E-state index in [1.54, 1.807) is 6.08 Å². The third-order valence-electron chi connectivity index (χ3n) is 5.76. The highest BCUT2D eigenvalue weighted by Crippen LogP contribution is 2.91. The van der Waals surface area contributed by atoms with Crippen LogP contribution in [0, 0.1) is 34.5 Å². The Bertz CT molecular complexity index is 552. The molecule has 4 aliphatic rings. The monoisotopic (exact) mass is 272 g/mol. The number of carbonyl (C=O) groups is 2. The first-order chi connectivity index (χ1) is 8.84. The molecule has 0 aromatic rings. The van der Waals surface area contributed by atoms with Gasteiger partial charge >= 0.3 is 12.1 Å². The van der Waals surface area contributed by atoms with Crippen molar-refractivity contribution < 1.29 is 27.5 Å². The number of hydrogen-bond donors (Lipinski definition) is 0. The minimum atomic E-state index is -4.46. The average molecular weight is 272 g/mol. The minimum absolute atomic E-state index is 0.0434. The number of halogens is 3. The molecule has 3 nitrogen and oxygen atoms in total. The number of hydrogen-bond acceptors (Lipinski definition) is 3. The summed E-state index contributed by atoms with van der Waals surface area (Å²) in [6.45, 7) is 0. The van der Waals surface area contributed by atoms with Crippen molar-refractivity contribution in [2.45, 2.75) is 12.6 Å². The summed E-state index contributed by atoms with van der Waals surface area (Å²) in [5, 5.41) is 0. The number of Topliss-reactive ketones (excluding diaryl/α,β-unsaturated/α-hetero) is 1. The molecule has 2 bridgehead atoms. The van der Waals surface area contributed by atoms with Crippen molar-refractivity contribution in [3.05, 3.63) is 12.2 Å². The summed E-state index contributed by atoms with van der Waals surface area (Å²) >= 11 is 0. The van der Waals surface area contributed by atoms with Crippen molar-refractivity contribution in [2.24, 2.45) is 34.5 Å². The van der Waals surface area contributed by atoms with Gasteiger partial charge in [-0.3, -0.25) is 9.59 Å². The largest absolute Gasteiger partial charge is 0.469 e. The lowest BCUT2D eigenvalue weighted by Crippen LogP contribution is -2.63. The molecule has 0 heterocycles. The van der Waals surface area contributed by atoms with Gasteiger partial charge in [-0.1, -0.05) is 12.2 Å². The standard InChI is InChI=1S/C13H11F3O3/c1-19-10(18)12-6-3-2-5(9(6)17)8(12)7-4-11(7,12)13(14,15)16/h2-3,5-8H,4H2,1H3. The van der Waals surface area contributed by atoms with E-state index in [2.05, 4.69) is 4.74 Å². The van der Waals surface area contributed by atoms with E-state index in [1.807, 2.05) is 0 Å². The molecule has 6 unspecified atom stereocenters. The molecule has 0 saturated heterocycles. The number of carbonyl (C=O) groups excluding carboxylic acids is 2. The predicted molar refractivity (Wildman–Crippen MR) is 55.7 cm³/mol. The molecule has 0 N–H and O–H groups in total. The normalized spacial score (nSPS) is 52.5. The average Bonchev–Trinajstić information content (AvgIpc) is 2.84. The maximum absolute atomic E-state index is 13.4. The third-order valence-corrected chi connectivity index (χ3v) is 5.76. The second-order valence-electron chi connectivity index (χ2n) is 5.96. The van der Waals surface area contributed by atoms with Crippen molar-refractivity contribution in [3.63, 3.8) is 0 Å². The first kappa shape index (κ1) is 11.5. The maximum Gasteiger partial charge on any atom is 0.395 e. The van der Waals surface area contributed by atoms with Gasteiger partial charge in [0.05, 0.1) is 23.9 Å². The Hall–Kier alpha value is -1.33. The van der Waals surface area contributed by atoms with E-state index in [4.69, 9.17) is 0 Å². The van der Waals surface area contributed by atoms with E-state index in [-0.39, 0.29) is 12.2 Å². The van der Waals surface area contributed by atoms with Crippen LogP contribution in [0.5, 0.6) is 0 Å². The van der Waals surface area contributed by atoms with Crippen LogP contribution in [0.4, 0.5) is 13.2 Å². The molecule has 6 atom stereocenters. The van der Waals surface area contributed by atoms with Crippen LogP contribution in [0.1, 0.15) is 6.42 Å². The highest BCUT2D eigenvalue weighted by molar-refractivity contribution is 6.02. The molecule has 0 radical (unpaired) electrons. The van der Waals surface area contributed by atoms with Gasteiger partial charge in [0.15, 0.2) is 0 Å². The summed E-state index contributed by atoms with van der Waals surface area (Å²) < 4.78 is 44.9. The molecular weight excluding hydrogens is 261 g/mol. The second kappa shape index (κ2) is 2.74. The van der Waals surface area contributed by atoms with Crippen LogP contribution < -0.4 is 0 Å². The van der Waals surface area contributed by atoms with Gasteiger partial charge in [-0.2, -0.15) is 13.2 Å². The van der Waals surface area contributed by atoms with E-state index < -0.39 is 46.6 Å². The number of ether oxygens (including phenoxy) is 1. The highest BCUT2D eigenvalue weighted by Gasteiger charge is 2.98. The van der Waals surface area contributed by atoms with Gasteiger partial charge in [0, 0.05) is 5.92 Å². The van der Waals surface area contributed by atoms with Crippen molar-refractivity contribution in [1.29, 1.82) is 0 Å². The Morgan fingerprint density at radius 2 is 2.11 bits per heavy atom.